The van der Waals surface area contributed by atoms with Crippen LogP contribution in [0.4, 0.5) is 0 Å². The first kappa shape index (κ1) is 20.5. The van der Waals surface area contributed by atoms with Crippen LogP contribution in [0.3, 0.4) is 0 Å². The fraction of sp³-hybridized carbons (Fsp3) is 0.185. The summed E-state index contributed by atoms with van der Waals surface area (Å²) in [6.45, 7) is 3.26. The van der Waals surface area contributed by atoms with Gasteiger partial charge in [-0.15, -0.1) is 11.3 Å². The number of carbonyl (C=O) groups excluding carboxylic acids is 1. The summed E-state index contributed by atoms with van der Waals surface area (Å²) in [4.78, 5) is 20.3. The highest BCUT2D eigenvalue weighted by atomic mass is 32.1. The Balaban J connectivity index is 1.37. The van der Waals surface area contributed by atoms with Gasteiger partial charge in [0.1, 0.15) is 0 Å². The van der Waals surface area contributed by atoms with Gasteiger partial charge in [0, 0.05) is 48.8 Å². The molecule has 0 spiro atoms. The molecule has 3 aromatic carbocycles. The highest BCUT2D eigenvalue weighted by Gasteiger charge is 2.15. The van der Waals surface area contributed by atoms with Gasteiger partial charge in [-0.3, -0.25) is 9.20 Å². The Morgan fingerprint density at radius 3 is 2.59 bits per heavy atom. The molecular formula is C27H25N3OS. The molecule has 0 bridgehead atoms. The van der Waals surface area contributed by atoms with Crippen LogP contribution in [0, 0.1) is 0 Å². The Hall–Kier alpha value is -3.44. The van der Waals surface area contributed by atoms with Crippen molar-refractivity contribution < 1.29 is 4.79 Å². The Labute approximate surface area is 191 Å². The number of rotatable bonds is 7. The number of benzene rings is 3. The van der Waals surface area contributed by atoms with E-state index in [0.717, 1.165) is 28.2 Å². The lowest BCUT2D eigenvalue weighted by Gasteiger charge is -2.22. The lowest BCUT2D eigenvalue weighted by atomic mass is 10.1. The number of hydrogen-bond acceptors (Lipinski definition) is 3. The van der Waals surface area contributed by atoms with Crippen molar-refractivity contribution in [1.82, 2.24) is 14.3 Å². The molecule has 0 aliphatic rings. The largest absolute Gasteiger partial charge is 0.338 e. The van der Waals surface area contributed by atoms with E-state index in [1.807, 2.05) is 30.0 Å². The maximum absolute atomic E-state index is 12.5. The quantitative estimate of drug-likeness (QED) is 0.303. The molecule has 0 atom stereocenters. The molecule has 5 aromatic rings. The third-order valence-corrected chi connectivity index (χ3v) is 6.73. The second-order valence-electron chi connectivity index (χ2n) is 7.97. The first-order valence-corrected chi connectivity index (χ1v) is 11.9. The number of fused-ring (bicyclic) bond motifs is 2. The molecule has 5 heteroatoms. The van der Waals surface area contributed by atoms with Crippen molar-refractivity contribution in [2.45, 2.75) is 26.3 Å². The average Bonchev–Trinajstić information content (AvgIpc) is 3.43. The van der Waals surface area contributed by atoms with E-state index in [1.165, 1.54) is 16.5 Å². The molecule has 0 aliphatic heterocycles. The van der Waals surface area contributed by atoms with Crippen LogP contribution in [0.25, 0.3) is 27.0 Å². The van der Waals surface area contributed by atoms with E-state index >= 15 is 0 Å². The number of aromatic nitrogens is 2. The first-order chi connectivity index (χ1) is 15.7. The van der Waals surface area contributed by atoms with Crippen molar-refractivity contribution in [3.63, 3.8) is 0 Å². The molecule has 5 rings (SSSR count). The number of carbonyl (C=O) groups is 1. The molecule has 160 valence electrons. The van der Waals surface area contributed by atoms with Crippen molar-refractivity contribution in [2.75, 3.05) is 6.54 Å². The van der Waals surface area contributed by atoms with Crippen LogP contribution in [0.1, 0.15) is 24.6 Å². The molecule has 1 amide bonds. The van der Waals surface area contributed by atoms with Gasteiger partial charge in [0.05, 0.1) is 5.69 Å². The van der Waals surface area contributed by atoms with Gasteiger partial charge in [-0.2, -0.15) is 0 Å². The van der Waals surface area contributed by atoms with Crippen LogP contribution < -0.4 is 0 Å². The summed E-state index contributed by atoms with van der Waals surface area (Å²) in [5, 5.41) is 4.61. The average molecular weight is 440 g/mol. The van der Waals surface area contributed by atoms with E-state index in [-0.39, 0.29) is 5.91 Å². The number of hydrogen-bond donors (Lipinski definition) is 0. The SMILES string of the molecule is CCC(=O)N(CCc1csc2nc(-c3ccc4ccccc4c3)cn12)Cc1ccccc1. The number of amides is 1. The summed E-state index contributed by atoms with van der Waals surface area (Å²) in [6, 6.07) is 25.1. The molecule has 32 heavy (non-hydrogen) atoms. The molecule has 0 radical (unpaired) electrons. The summed E-state index contributed by atoms with van der Waals surface area (Å²) in [5.41, 5.74) is 4.45. The van der Waals surface area contributed by atoms with E-state index in [4.69, 9.17) is 4.98 Å². The second-order valence-corrected chi connectivity index (χ2v) is 8.81. The minimum absolute atomic E-state index is 0.183. The predicted molar refractivity (Wildman–Crippen MR) is 132 cm³/mol. The highest BCUT2D eigenvalue weighted by Crippen LogP contribution is 2.27. The van der Waals surface area contributed by atoms with Gasteiger partial charge in [-0.05, 0) is 22.4 Å². The summed E-state index contributed by atoms with van der Waals surface area (Å²) in [7, 11) is 0. The van der Waals surface area contributed by atoms with Crippen molar-refractivity contribution in [1.29, 1.82) is 0 Å². The fourth-order valence-corrected chi connectivity index (χ4v) is 4.97. The zero-order valence-corrected chi connectivity index (χ0v) is 18.9. The maximum atomic E-state index is 12.5. The Morgan fingerprint density at radius 2 is 1.78 bits per heavy atom. The molecule has 0 saturated carbocycles. The van der Waals surface area contributed by atoms with Crippen LogP contribution in [0.2, 0.25) is 0 Å². The number of imidazole rings is 1. The van der Waals surface area contributed by atoms with E-state index < -0.39 is 0 Å². The Kier molecular flexibility index (Phi) is 5.73. The lowest BCUT2D eigenvalue weighted by molar-refractivity contribution is -0.131. The molecule has 0 saturated heterocycles. The van der Waals surface area contributed by atoms with Crippen molar-refractivity contribution in [3.05, 3.63) is 95.6 Å². The van der Waals surface area contributed by atoms with E-state index in [1.54, 1.807) is 11.3 Å². The van der Waals surface area contributed by atoms with E-state index in [9.17, 15) is 4.79 Å². The Morgan fingerprint density at radius 1 is 1.00 bits per heavy atom. The van der Waals surface area contributed by atoms with Crippen LogP contribution in [-0.4, -0.2) is 26.7 Å². The zero-order chi connectivity index (χ0) is 21.9. The first-order valence-electron chi connectivity index (χ1n) is 11.0. The summed E-state index contributed by atoms with van der Waals surface area (Å²) in [6.07, 6.45) is 3.43. The monoisotopic (exact) mass is 439 g/mol. The molecule has 4 nitrogen and oxygen atoms in total. The molecule has 2 heterocycles. The topological polar surface area (TPSA) is 37.6 Å². The van der Waals surface area contributed by atoms with Crippen molar-refractivity contribution in [3.8, 4) is 11.3 Å². The molecular weight excluding hydrogens is 414 g/mol. The summed E-state index contributed by atoms with van der Waals surface area (Å²) >= 11 is 1.65. The molecule has 0 fully saturated rings. The van der Waals surface area contributed by atoms with Crippen molar-refractivity contribution >= 4 is 33.0 Å². The smallest absolute Gasteiger partial charge is 0.222 e. The van der Waals surface area contributed by atoms with Crippen LogP contribution in [0.5, 0.6) is 0 Å². The molecule has 0 aliphatic carbocycles. The minimum Gasteiger partial charge on any atom is -0.338 e. The second kappa shape index (κ2) is 8.97. The highest BCUT2D eigenvalue weighted by molar-refractivity contribution is 7.15. The predicted octanol–water partition coefficient (Wildman–Crippen LogP) is 6.20. The lowest BCUT2D eigenvalue weighted by Crippen LogP contribution is -2.32. The van der Waals surface area contributed by atoms with Crippen LogP contribution >= 0.6 is 11.3 Å². The maximum Gasteiger partial charge on any atom is 0.222 e. The third-order valence-electron chi connectivity index (χ3n) is 5.84. The minimum atomic E-state index is 0.183. The molecule has 2 aromatic heterocycles. The van der Waals surface area contributed by atoms with Crippen molar-refractivity contribution in [2.24, 2.45) is 0 Å². The number of nitrogens with zero attached hydrogens (tertiary/aromatic N) is 3. The van der Waals surface area contributed by atoms with Gasteiger partial charge in [0.2, 0.25) is 5.91 Å². The fourth-order valence-electron chi connectivity index (χ4n) is 4.07. The van der Waals surface area contributed by atoms with E-state index in [2.05, 4.69) is 70.6 Å². The Bertz CT molecular complexity index is 1370. The summed E-state index contributed by atoms with van der Waals surface area (Å²) < 4.78 is 2.17. The normalized spacial score (nSPS) is 11.3. The third kappa shape index (κ3) is 4.16. The van der Waals surface area contributed by atoms with Gasteiger partial charge in [-0.1, -0.05) is 73.7 Å². The van der Waals surface area contributed by atoms with Crippen LogP contribution in [0.15, 0.2) is 84.4 Å². The van der Waals surface area contributed by atoms with Gasteiger partial charge in [-0.25, -0.2) is 4.98 Å². The zero-order valence-electron chi connectivity index (χ0n) is 18.1. The van der Waals surface area contributed by atoms with Gasteiger partial charge >= 0.3 is 0 Å². The molecule has 0 N–H and O–H groups in total. The molecule has 0 unspecified atom stereocenters. The van der Waals surface area contributed by atoms with E-state index in [0.29, 0.717) is 19.5 Å². The standard InChI is InChI=1S/C27H25N3OS/c1-2-26(31)29(17-20-8-4-3-5-9-20)15-14-24-19-32-27-28-25(18-30(24)27)23-13-12-21-10-6-7-11-22(21)16-23/h3-13,16,18-19H,2,14-15,17H2,1H3. The van der Waals surface area contributed by atoms with Gasteiger partial charge in [0.25, 0.3) is 0 Å². The summed E-state index contributed by atoms with van der Waals surface area (Å²) in [5.74, 6) is 0.183. The van der Waals surface area contributed by atoms with Gasteiger partial charge < -0.3 is 4.90 Å². The van der Waals surface area contributed by atoms with Crippen LogP contribution in [-0.2, 0) is 17.8 Å². The number of thiazole rings is 1. The van der Waals surface area contributed by atoms with Gasteiger partial charge in [0.15, 0.2) is 4.96 Å².